The van der Waals surface area contributed by atoms with E-state index >= 15 is 0 Å². The second-order valence-corrected chi connectivity index (χ2v) is 5.67. The van der Waals surface area contributed by atoms with E-state index in [4.69, 9.17) is 5.11 Å². The number of anilines is 1. The minimum absolute atomic E-state index is 0.0750. The molecule has 0 saturated heterocycles. The number of carbonyl (C=O) groups excluding carboxylic acids is 2. The van der Waals surface area contributed by atoms with Crippen molar-refractivity contribution >= 4 is 39.8 Å². The summed E-state index contributed by atoms with van der Waals surface area (Å²) in [6.07, 6.45) is 1.17. The molecule has 0 radical (unpaired) electrons. The number of hydrogen-bond acceptors (Lipinski definition) is 5. The maximum absolute atomic E-state index is 12.1. The summed E-state index contributed by atoms with van der Waals surface area (Å²) in [6.45, 7) is 1.91. The van der Waals surface area contributed by atoms with Crippen LogP contribution in [-0.2, 0) is 16.0 Å². The van der Waals surface area contributed by atoms with E-state index in [2.05, 4.69) is 10.4 Å². The molecule has 112 valence electrons. The third kappa shape index (κ3) is 3.27. The van der Waals surface area contributed by atoms with Gasteiger partial charge >= 0.3 is 5.97 Å². The first kappa shape index (κ1) is 15.2. The van der Waals surface area contributed by atoms with E-state index in [1.54, 1.807) is 6.07 Å². The van der Waals surface area contributed by atoms with Crippen LogP contribution >= 0.6 is 11.3 Å². The van der Waals surface area contributed by atoms with Crippen molar-refractivity contribution in [2.24, 2.45) is 5.10 Å². The van der Waals surface area contributed by atoms with Crippen LogP contribution in [0.15, 0.2) is 11.2 Å². The summed E-state index contributed by atoms with van der Waals surface area (Å²) in [5.74, 6) is -1.71. The van der Waals surface area contributed by atoms with Crippen LogP contribution in [0.1, 0.15) is 35.0 Å². The Hall–Kier alpha value is -2.22. The fourth-order valence-corrected chi connectivity index (χ4v) is 2.86. The monoisotopic (exact) mass is 309 g/mol. The molecule has 0 saturated carbocycles. The standard InChI is InChI=1S/C13H15N3O4S/c1-3-7-6-8(13(19)20)12(21-7)14-11(18)9-4-5-10(17)16(2)15-9/h6H,3-5H2,1-2H3,(H,14,18)(H,19,20). The number of carbonyl (C=O) groups is 3. The summed E-state index contributed by atoms with van der Waals surface area (Å²) in [6, 6.07) is 1.56. The third-order valence-electron chi connectivity index (χ3n) is 3.06. The van der Waals surface area contributed by atoms with Gasteiger partial charge in [0.05, 0.1) is 5.56 Å². The number of carboxylic acid groups (broad SMARTS) is 1. The molecule has 1 aromatic heterocycles. The largest absolute Gasteiger partial charge is 0.478 e. The molecule has 2 rings (SSSR count). The SMILES string of the molecule is CCc1cc(C(=O)O)c(NC(=O)C2=NN(C)C(=O)CC2)s1. The predicted octanol–water partition coefficient (Wildman–Crippen LogP) is 1.56. The Balaban J connectivity index is 2.20. The molecule has 0 spiro atoms. The number of aryl methyl sites for hydroxylation is 1. The minimum Gasteiger partial charge on any atom is -0.478 e. The van der Waals surface area contributed by atoms with Crippen LogP contribution < -0.4 is 5.32 Å². The highest BCUT2D eigenvalue weighted by Crippen LogP contribution is 2.28. The number of aromatic carboxylic acids is 1. The minimum atomic E-state index is -1.08. The summed E-state index contributed by atoms with van der Waals surface area (Å²) < 4.78 is 0. The molecule has 1 aliphatic heterocycles. The second kappa shape index (κ2) is 6.04. The molecule has 0 aromatic carbocycles. The van der Waals surface area contributed by atoms with Crippen molar-refractivity contribution in [2.45, 2.75) is 26.2 Å². The van der Waals surface area contributed by atoms with Crippen LogP contribution in [0.2, 0.25) is 0 Å². The lowest BCUT2D eigenvalue weighted by molar-refractivity contribution is -0.130. The molecule has 0 aliphatic carbocycles. The van der Waals surface area contributed by atoms with Crippen molar-refractivity contribution < 1.29 is 19.5 Å². The average Bonchev–Trinajstić information content (AvgIpc) is 2.85. The number of hydrogen-bond donors (Lipinski definition) is 2. The highest BCUT2D eigenvalue weighted by atomic mass is 32.1. The van der Waals surface area contributed by atoms with Crippen LogP contribution in [0, 0.1) is 0 Å². The average molecular weight is 309 g/mol. The molecule has 0 unspecified atom stereocenters. The predicted molar refractivity (Wildman–Crippen MR) is 78.7 cm³/mol. The van der Waals surface area contributed by atoms with Gasteiger partial charge in [0.2, 0.25) is 5.91 Å². The highest BCUT2D eigenvalue weighted by Gasteiger charge is 2.24. The Morgan fingerprint density at radius 3 is 2.76 bits per heavy atom. The van der Waals surface area contributed by atoms with Gasteiger partial charge in [-0.2, -0.15) is 5.10 Å². The number of carboxylic acids is 1. The highest BCUT2D eigenvalue weighted by molar-refractivity contribution is 7.16. The molecule has 2 heterocycles. The maximum Gasteiger partial charge on any atom is 0.338 e. The van der Waals surface area contributed by atoms with Crippen molar-refractivity contribution in [2.75, 3.05) is 12.4 Å². The van der Waals surface area contributed by atoms with E-state index in [9.17, 15) is 14.4 Å². The topological polar surface area (TPSA) is 99.1 Å². The molecule has 2 N–H and O–H groups in total. The van der Waals surface area contributed by atoms with Gasteiger partial charge in [-0.3, -0.25) is 9.59 Å². The van der Waals surface area contributed by atoms with Gasteiger partial charge in [0.1, 0.15) is 10.7 Å². The normalized spacial score (nSPS) is 14.9. The van der Waals surface area contributed by atoms with Gasteiger partial charge in [-0.05, 0) is 12.5 Å². The van der Waals surface area contributed by atoms with Crippen molar-refractivity contribution in [3.05, 3.63) is 16.5 Å². The molecular weight excluding hydrogens is 294 g/mol. The molecule has 7 nitrogen and oxygen atoms in total. The number of nitrogens with zero attached hydrogens (tertiary/aromatic N) is 2. The first-order valence-electron chi connectivity index (χ1n) is 6.43. The summed E-state index contributed by atoms with van der Waals surface area (Å²) >= 11 is 1.23. The van der Waals surface area contributed by atoms with Gasteiger partial charge in [-0.15, -0.1) is 11.3 Å². The first-order chi connectivity index (χ1) is 9.92. The van der Waals surface area contributed by atoms with Gasteiger partial charge in [0.15, 0.2) is 0 Å². The Kier molecular flexibility index (Phi) is 4.37. The zero-order valence-electron chi connectivity index (χ0n) is 11.7. The summed E-state index contributed by atoms with van der Waals surface area (Å²) in [5.41, 5.74) is 0.297. The van der Waals surface area contributed by atoms with Crippen LogP contribution in [0.25, 0.3) is 0 Å². The van der Waals surface area contributed by atoms with Gasteiger partial charge in [0.25, 0.3) is 5.91 Å². The number of hydrazone groups is 1. The number of rotatable bonds is 4. The quantitative estimate of drug-likeness (QED) is 0.881. The smallest absolute Gasteiger partial charge is 0.338 e. The maximum atomic E-state index is 12.1. The molecular formula is C13H15N3O4S. The van der Waals surface area contributed by atoms with Crippen LogP contribution in [0.3, 0.4) is 0 Å². The Bertz CT molecular complexity index is 635. The lowest BCUT2D eigenvalue weighted by Crippen LogP contribution is -2.34. The third-order valence-corrected chi connectivity index (χ3v) is 4.25. The fourth-order valence-electron chi connectivity index (χ4n) is 1.88. The van der Waals surface area contributed by atoms with E-state index in [0.29, 0.717) is 11.4 Å². The summed E-state index contributed by atoms with van der Waals surface area (Å²) in [7, 11) is 1.48. The van der Waals surface area contributed by atoms with E-state index in [0.717, 1.165) is 9.89 Å². The van der Waals surface area contributed by atoms with Crippen LogP contribution in [-0.4, -0.2) is 40.7 Å². The number of amides is 2. The Morgan fingerprint density at radius 1 is 1.48 bits per heavy atom. The Labute approximate surface area is 125 Å². The number of thiophene rings is 1. The molecule has 8 heteroatoms. The van der Waals surface area contributed by atoms with Gasteiger partial charge in [-0.1, -0.05) is 6.92 Å². The molecule has 0 atom stereocenters. The number of nitrogens with one attached hydrogen (secondary N) is 1. The van der Waals surface area contributed by atoms with Crippen molar-refractivity contribution in [1.82, 2.24) is 5.01 Å². The fraction of sp³-hybridized carbons (Fsp3) is 0.385. The Morgan fingerprint density at radius 2 is 2.19 bits per heavy atom. The second-order valence-electron chi connectivity index (χ2n) is 4.53. The van der Waals surface area contributed by atoms with Gasteiger partial charge < -0.3 is 10.4 Å². The zero-order chi connectivity index (χ0) is 15.6. The van der Waals surface area contributed by atoms with Crippen LogP contribution in [0.4, 0.5) is 5.00 Å². The molecule has 0 bridgehead atoms. The van der Waals surface area contributed by atoms with Crippen LogP contribution in [0.5, 0.6) is 0 Å². The van der Waals surface area contributed by atoms with Crippen molar-refractivity contribution in [3.8, 4) is 0 Å². The van der Waals surface area contributed by atoms with Crippen molar-refractivity contribution in [3.63, 3.8) is 0 Å². The zero-order valence-corrected chi connectivity index (χ0v) is 12.5. The van der Waals surface area contributed by atoms with E-state index in [1.807, 2.05) is 6.92 Å². The molecule has 1 aliphatic rings. The molecule has 2 amide bonds. The first-order valence-corrected chi connectivity index (χ1v) is 7.25. The molecule has 21 heavy (non-hydrogen) atoms. The van der Waals surface area contributed by atoms with Gasteiger partial charge in [0, 0.05) is 24.8 Å². The van der Waals surface area contributed by atoms with E-state index in [-0.39, 0.29) is 30.0 Å². The lowest BCUT2D eigenvalue weighted by atomic mass is 10.1. The molecule has 0 fully saturated rings. The summed E-state index contributed by atoms with van der Waals surface area (Å²) in [5, 5.41) is 17.1. The van der Waals surface area contributed by atoms with E-state index in [1.165, 1.54) is 18.4 Å². The molecule has 1 aromatic rings. The summed E-state index contributed by atoms with van der Waals surface area (Å²) in [4.78, 5) is 35.5. The van der Waals surface area contributed by atoms with Gasteiger partial charge in [-0.25, -0.2) is 9.80 Å². The van der Waals surface area contributed by atoms with E-state index < -0.39 is 11.9 Å². The lowest BCUT2D eigenvalue weighted by Gasteiger charge is -2.18. The van der Waals surface area contributed by atoms with Crippen molar-refractivity contribution in [1.29, 1.82) is 0 Å².